The third kappa shape index (κ3) is 3.50. The fraction of sp³-hybridized carbons (Fsp3) is 0.500. The zero-order valence-electron chi connectivity index (χ0n) is 12.8. The first-order valence-electron chi connectivity index (χ1n) is 7.39. The molecule has 22 heavy (non-hydrogen) atoms. The van der Waals surface area contributed by atoms with Crippen molar-refractivity contribution >= 4 is 11.9 Å². The Morgan fingerprint density at radius 2 is 2.05 bits per heavy atom. The molecule has 0 bridgehead atoms. The summed E-state index contributed by atoms with van der Waals surface area (Å²) in [6.45, 7) is 2.66. The second kappa shape index (κ2) is 6.68. The summed E-state index contributed by atoms with van der Waals surface area (Å²) in [5, 5.41) is 11.7. The van der Waals surface area contributed by atoms with Gasteiger partial charge in [0, 0.05) is 5.56 Å². The van der Waals surface area contributed by atoms with Crippen LogP contribution in [0.15, 0.2) is 18.2 Å². The number of aliphatic carboxylic acids is 1. The number of hydrogen-bond acceptors (Lipinski definition) is 4. The van der Waals surface area contributed by atoms with Crippen LogP contribution < -0.4 is 14.8 Å². The minimum absolute atomic E-state index is 0.354. The van der Waals surface area contributed by atoms with E-state index < -0.39 is 17.4 Å². The molecule has 2 N–H and O–H groups in total. The lowest BCUT2D eigenvalue weighted by Gasteiger charge is -2.14. The van der Waals surface area contributed by atoms with Crippen LogP contribution in [0.1, 0.15) is 43.0 Å². The molecule has 1 fully saturated rings. The van der Waals surface area contributed by atoms with Crippen molar-refractivity contribution in [2.24, 2.45) is 0 Å². The number of amides is 1. The Bertz CT molecular complexity index is 566. The highest BCUT2D eigenvalue weighted by Gasteiger charge is 2.51. The molecule has 0 heterocycles. The van der Waals surface area contributed by atoms with Gasteiger partial charge in [0.1, 0.15) is 5.54 Å². The summed E-state index contributed by atoms with van der Waals surface area (Å²) in [4.78, 5) is 23.3. The van der Waals surface area contributed by atoms with Crippen LogP contribution in [0.2, 0.25) is 0 Å². The van der Waals surface area contributed by atoms with Crippen molar-refractivity contribution in [2.75, 3.05) is 13.7 Å². The molecule has 6 heteroatoms. The van der Waals surface area contributed by atoms with E-state index in [0.29, 0.717) is 36.5 Å². The molecule has 2 rings (SSSR count). The van der Waals surface area contributed by atoms with Crippen molar-refractivity contribution in [3.8, 4) is 11.5 Å². The van der Waals surface area contributed by atoms with Crippen molar-refractivity contribution < 1.29 is 24.2 Å². The van der Waals surface area contributed by atoms with E-state index in [2.05, 4.69) is 12.2 Å². The van der Waals surface area contributed by atoms with Crippen LogP contribution in [0.4, 0.5) is 0 Å². The Hall–Kier alpha value is -2.24. The Balaban J connectivity index is 2.08. The number of benzene rings is 1. The summed E-state index contributed by atoms with van der Waals surface area (Å²) in [5.74, 6) is -0.374. The van der Waals surface area contributed by atoms with E-state index in [9.17, 15) is 9.59 Å². The summed E-state index contributed by atoms with van der Waals surface area (Å²) in [7, 11) is 1.50. The molecule has 1 aromatic carbocycles. The van der Waals surface area contributed by atoms with Gasteiger partial charge in [0.2, 0.25) is 0 Å². The summed E-state index contributed by atoms with van der Waals surface area (Å²) >= 11 is 0. The molecule has 1 amide bonds. The van der Waals surface area contributed by atoms with Crippen LogP contribution in [0.3, 0.4) is 0 Å². The van der Waals surface area contributed by atoms with Crippen molar-refractivity contribution in [3.05, 3.63) is 23.8 Å². The normalized spacial score (nSPS) is 15.0. The molecule has 0 atom stereocenters. The predicted molar refractivity (Wildman–Crippen MR) is 80.5 cm³/mol. The van der Waals surface area contributed by atoms with E-state index in [-0.39, 0.29) is 0 Å². The van der Waals surface area contributed by atoms with Gasteiger partial charge in [0.15, 0.2) is 11.5 Å². The highest BCUT2D eigenvalue weighted by molar-refractivity contribution is 5.99. The van der Waals surface area contributed by atoms with Crippen LogP contribution in [0.25, 0.3) is 0 Å². The number of carboxylic acids is 1. The second-order valence-corrected chi connectivity index (χ2v) is 5.41. The molecule has 0 aromatic heterocycles. The molecule has 0 spiro atoms. The third-order valence-electron chi connectivity index (χ3n) is 3.69. The zero-order chi connectivity index (χ0) is 16.2. The number of rotatable bonds is 8. The average Bonchev–Trinajstić information content (AvgIpc) is 3.28. The Morgan fingerprint density at radius 3 is 2.59 bits per heavy atom. The molecular weight excluding hydrogens is 286 g/mol. The van der Waals surface area contributed by atoms with Crippen molar-refractivity contribution in [1.29, 1.82) is 0 Å². The third-order valence-corrected chi connectivity index (χ3v) is 3.69. The number of carboxylic acid groups (broad SMARTS) is 1. The highest BCUT2D eigenvalue weighted by atomic mass is 16.5. The van der Waals surface area contributed by atoms with E-state index in [0.717, 1.165) is 12.8 Å². The SMILES string of the molecule is CCCCOc1ccc(C(=O)NC2(C(=O)O)CC2)cc1OC. The molecule has 0 saturated heterocycles. The molecule has 1 aliphatic carbocycles. The van der Waals surface area contributed by atoms with Gasteiger partial charge in [0.05, 0.1) is 13.7 Å². The summed E-state index contributed by atoms with van der Waals surface area (Å²) in [6.07, 6.45) is 2.89. The topological polar surface area (TPSA) is 84.9 Å². The zero-order valence-corrected chi connectivity index (χ0v) is 12.8. The standard InChI is InChI=1S/C16H21NO5/c1-3-4-9-22-12-6-5-11(10-13(12)21-2)14(18)17-16(7-8-16)15(19)20/h5-6,10H,3-4,7-9H2,1-2H3,(H,17,18)(H,19,20). The minimum Gasteiger partial charge on any atom is -0.493 e. The van der Waals surface area contributed by atoms with Crippen molar-refractivity contribution in [1.82, 2.24) is 5.32 Å². The molecule has 120 valence electrons. The van der Waals surface area contributed by atoms with Gasteiger partial charge in [-0.3, -0.25) is 4.79 Å². The van der Waals surface area contributed by atoms with Crippen LogP contribution in [-0.4, -0.2) is 36.2 Å². The van der Waals surface area contributed by atoms with Crippen molar-refractivity contribution in [3.63, 3.8) is 0 Å². The largest absolute Gasteiger partial charge is 0.493 e. The van der Waals surface area contributed by atoms with Gasteiger partial charge in [-0.15, -0.1) is 0 Å². The van der Waals surface area contributed by atoms with Gasteiger partial charge in [-0.05, 0) is 37.5 Å². The highest BCUT2D eigenvalue weighted by Crippen LogP contribution is 2.36. The van der Waals surface area contributed by atoms with Gasteiger partial charge in [-0.2, -0.15) is 0 Å². The van der Waals surface area contributed by atoms with Crippen LogP contribution in [0, 0.1) is 0 Å². The lowest BCUT2D eigenvalue weighted by Crippen LogP contribution is -2.43. The average molecular weight is 307 g/mol. The molecule has 1 saturated carbocycles. The molecule has 0 radical (unpaired) electrons. The summed E-state index contributed by atoms with van der Waals surface area (Å²) in [5.41, 5.74) is -0.743. The second-order valence-electron chi connectivity index (χ2n) is 5.41. The smallest absolute Gasteiger partial charge is 0.329 e. The number of methoxy groups -OCH3 is 1. The molecular formula is C16H21NO5. The quantitative estimate of drug-likeness (QED) is 0.719. The first-order valence-corrected chi connectivity index (χ1v) is 7.39. The fourth-order valence-corrected chi connectivity index (χ4v) is 2.06. The number of unbranched alkanes of at least 4 members (excludes halogenated alkanes) is 1. The predicted octanol–water partition coefficient (Wildman–Crippen LogP) is 2.22. The van der Waals surface area contributed by atoms with Crippen LogP contribution in [-0.2, 0) is 4.79 Å². The van der Waals surface area contributed by atoms with E-state index in [1.54, 1.807) is 18.2 Å². The number of nitrogens with one attached hydrogen (secondary N) is 1. The van der Waals surface area contributed by atoms with Gasteiger partial charge in [0.25, 0.3) is 5.91 Å². The Morgan fingerprint density at radius 1 is 1.32 bits per heavy atom. The number of hydrogen-bond donors (Lipinski definition) is 2. The molecule has 1 aliphatic rings. The minimum atomic E-state index is -1.10. The Kier molecular flexibility index (Phi) is 4.90. The van der Waals surface area contributed by atoms with Gasteiger partial charge >= 0.3 is 5.97 Å². The maximum atomic E-state index is 12.2. The lowest BCUT2D eigenvalue weighted by atomic mass is 10.1. The molecule has 0 aliphatic heterocycles. The van der Waals surface area contributed by atoms with Crippen LogP contribution in [0.5, 0.6) is 11.5 Å². The summed E-state index contributed by atoms with van der Waals surface area (Å²) in [6, 6.07) is 4.84. The number of ether oxygens (including phenoxy) is 2. The first-order chi connectivity index (χ1) is 10.5. The van der Waals surface area contributed by atoms with Crippen molar-refractivity contribution in [2.45, 2.75) is 38.1 Å². The van der Waals surface area contributed by atoms with E-state index in [1.165, 1.54) is 7.11 Å². The lowest BCUT2D eigenvalue weighted by molar-refractivity contribution is -0.140. The first kappa shape index (κ1) is 16.1. The van der Waals surface area contributed by atoms with E-state index in [1.807, 2.05) is 0 Å². The Labute approximate surface area is 129 Å². The molecule has 0 unspecified atom stereocenters. The van der Waals surface area contributed by atoms with Gasteiger partial charge in [-0.25, -0.2) is 4.79 Å². The van der Waals surface area contributed by atoms with Crippen LogP contribution >= 0.6 is 0 Å². The van der Waals surface area contributed by atoms with E-state index >= 15 is 0 Å². The molecule has 1 aromatic rings. The monoisotopic (exact) mass is 307 g/mol. The summed E-state index contributed by atoms with van der Waals surface area (Å²) < 4.78 is 10.8. The van der Waals surface area contributed by atoms with Gasteiger partial charge < -0.3 is 19.9 Å². The maximum Gasteiger partial charge on any atom is 0.329 e. The van der Waals surface area contributed by atoms with E-state index in [4.69, 9.17) is 14.6 Å². The fourth-order valence-electron chi connectivity index (χ4n) is 2.06. The van der Waals surface area contributed by atoms with Gasteiger partial charge in [-0.1, -0.05) is 13.3 Å². The number of carbonyl (C=O) groups is 2. The molecule has 6 nitrogen and oxygen atoms in total. The number of carbonyl (C=O) groups excluding carboxylic acids is 1. The maximum absolute atomic E-state index is 12.2.